The SMILES string of the molecule is COc1c(C2CC(C(=O)O)CN2)cc(C)c(C)c1O. The fourth-order valence-corrected chi connectivity index (χ4v) is 2.53. The molecule has 1 aromatic carbocycles. The molecule has 19 heavy (non-hydrogen) atoms. The van der Waals surface area contributed by atoms with Gasteiger partial charge in [-0.05, 0) is 31.4 Å². The van der Waals surface area contributed by atoms with Gasteiger partial charge >= 0.3 is 5.97 Å². The first-order valence-corrected chi connectivity index (χ1v) is 6.29. The zero-order valence-corrected chi connectivity index (χ0v) is 11.4. The van der Waals surface area contributed by atoms with Gasteiger partial charge < -0.3 is 20.3 Å². The number of phenolic OH excluding ortho intramolecular Hbond substituents is 1. The third-order valence-corrected chi connectivity index (χ3v) is 3.86. The normalized spacial score (nSPS) is 22.5. The van der Waals surface area contributed by atoms with Crippen molar-refractivity contribution in [1.29, 1.82) is 0 Å². The number of benzene rings is 1. The summed E-state index contributed by atoms with van der Waals surface area (Å²) in [5.74, 6) is -0.606. The zero-order chi connectivity index (χ0) is 14.2. The first-order chi connectivity index (χ1) is 8.95. The molecule has 1 heterocycles. The van der Waals surface area contributed by atoms with Crippen molar-refractivity contribution >= 4 is 5.97 Å². The molecule has 5 heteroatoms. The van der Waals surface area contributed by atoms with Gasteiger partial charge in [-0.3, -0.25) is 4.79 Å². The second-order valence-electron chi connectivity index (χ2n) is 5.02. The van der Waals surface area contributed by atoms with Crippen LogP contribution in [0.2, 0.25) is 0 Å². The number of carbonyl (C=O) groups is 1. The lowest BCUT2D eigenvalue weighted by atomic mass is 9.95. The van der Waals surface area contributed by atoms with Gasteiger partial charge in [-0.25, -0.2) is 0 Å². The number of hydrogen-bond acceptors (Lipinski definition) is 4. The molecule has 1 fully saturated rings. The summed E-state index contributed by atoms with van der Waals surface area (Å²) in [5.41, 5.74) is 2.58. The smallest absolute Gasteiger partial charge is 0.307 e. The Balaban J connectivity index is 2.38. The van der Waals surface area contributed by atoms with Crippen LogP contribution in [-0.4, -0.2) is 29.8 Å². The van der Waals surface area contributed by atoms with Crippen LogP contribution in [0.5, 0.6) is 11.5 Å². The molecule has 0 amide bonds. The molecule has 2 unspecified atom stereocenters. The van der Waals surface area contributed by atoms with Gasteiger partial charge in [-0.1, -0.05) is 6.07 Å². The molecule has 2 rings (SSSR count). The van der Waals surface area contributed by atoms with Crippen molar-refractivity contribution < 1.29 is 19.7 Å². The number of hydrogen-bond donors (Lipinski definition) is 3. The maximum Gasteiger partial charge on any atom is 0.307 e. The summed E-state index contributed by atoms with van der Waals surface area (Å²) in [4.78, 5) is 11.0. The standard InChI is InChI=1S/C14H19NO4/c1-7-4-10(13(19-3)12(16)8(7)2)11-5-9(6-15-11)14(17)18/h4,9,11,15-16H,5-6H2,1-3H3,(H,17,18). The van der Waals surface area contributed by atoms with Gasteiger partial charge in [0.05, 0.1) is 13.0 Å². The Morgan fingerprint density at radius 1 is 1.47 bits per heavy atom. The summed E-state index contributed by atoms with van der Waals surface area (Å²) >= 11 is 0. The van der Waals surface area contributed by atoms with Crippen molar-refractivity contribution in [2.75, 3.05) is 13.7 Å². The van der Waals surface area contributed by atoms with E-state index in [0.717, 1.165) is 16.7 Å². The predicted molar refractivity (Wildman–Crippen MR) is 70.6 cm³/mol. The molecule has 0 saturated carbocycles. The summed E-state index contributed by atoms with van der Waals surface area (Å²) < 4.78 is 5.28. The van der Waals surface area contributed by atoms with E-state index >= 15 is 0 Å². The Labute approximate surface area is 112 Å². The number of carboxylic acid groups (broad SMARTS) is 1. The van der Waals surface area contributed by atoms with E-state index < -0.39 is 11.9 Å². The van der Waals surface area contributed by atoms with E-state index in [2.05, 4.69) is 5.32 Å². The number of methoxy groups -OCH3 is 1. The van der Waals surface area contributed by atoms with Crippen LogP contribution in [0, 0.1) is 19.8 Å². The van der Waals surface area contributed by atoms with E-state index in [1.54, 1.807) is 0 Å². The van der Waals surface area contributed by atoms with Crippen molar-refractivity contribution in [3.05, 3.63) is 22.8 Å². The summed E-state index contributed by atoms with van der Waals surface area (Å²) in [6.45, 7) is 4.19. The highest BCUT2D eigenvalue weighted by molar-refractivity contribution is 5.71. The van der Waals surface area contributed by atoms with Crippen LogP contribution in [0.1, 0.15) is 29.2 Å². The molecule has 1 aliphatic heterocycles. The van der Waals surface area contributed by atoms with E-state index in [1.165, 1.54) is 7.11 Å². The second kappa shape index (κ2) is 5.09. The van der Waals surface area contributed by atoms with Crippen molar-refractivity contribution in [1.82, 2.24) is 5.32 Å². The predicted octanol–water partition coefficient (Wildman–Crippen LogP) is 1.75. The average Bonchev–Trinajstić information content (AvgIpc) is 2.85. The molecule has 0 spiro atoms. The fourth-order valence-electron chi connectivity index (χ4n) is 2.53. The van der Waals surface area contributed by atoms with Crippen LogP contribution in [0.4, 0.5) is 0 Å². The Kier molecular flexibility index (Phi) is 3.66. The second-order valence-corrected chi connectivity index (χ2v) is 5.02. The highest BCUT2D eigenvalue weighted by Crippen LogP contribution is 2.41. The lowest BCUT2D eigenvalue weighted by molar-refractivity contribution is -0.141. The lowest BCUT2D eigenvalue weighted by Gasteiger charge is -2.19. The van der Waals surface area contributed by atoms with Gasteiger partial charge in [0.25, 0.3) is 0 Å². The van der Waals surface area contributed by atoms with Crippen LogP contribution in [0.3, 0.4) is 0 Å². The van der Waals surface area contributed by atoms with Gasteiger partial charge in [0.2, 0.25) is 0 Å². The average molecular weight is 265 g/mol. The summed E-state index contributed by atoms with van der Waals surface area (Å²) in [6, 6.07) is 1.86. The quantitative estimate of drug-likeness (QED) is 0.776. The Morgan fingerprint density at radius 2 is 2.16 bits per heavy atom. The summed E-state index contributed by atoms with van der Waals surface area (Å²) in [6.07, 6.45) is 0.508. The number of aryl methyl sites for hydroxylation is 1. The monoisotopic (exact) mass is 265 g/mol. The molecule has 0 radical (unpaired) electrons. The number of aliphatic carboxylic acids is 1. The first-order valence-electron chi connectivity index (χ1n) is 6.29. The minimum absolute atomic E-state index is 0.0961. The molecule has 104 valence electrons. The van der Waals surface area contributed by atoms with Crippen molar-refractivity contribution in [2.45, 2.75) is 26.3 Å². The molecule has 5 nitrogen and oxygen atoms in total. The fraction of sp³-hybridized carbons (Fsp3) is 0.500. The van der Waals surface area contributed by atoms with Crippen molar-refractivity contribution in [3.63, 3.8) is 0 Å². The number of rotatable bonds is 3. The van der Waals surface area contributed by atoms with Crippen molar-refractivity contribution in [3.8, 4) is 11.5 Å². The first kappa shape index (κ1) is 13.7. The molecule has 1 aromatic rings. The Hall–Kier alpha value is -1.75. The molecule has 3 N–H and O–H groups in total. The Bertz CT molecular complexity index is 513. The van der Waals surface area contributed by atoms with Gasteiger partial charge in [0.15, 0.2) is 11.5 Å². The molecule has 2 atom stereocenters. The van der Waals surface area contributed by atoms with Crippen LogP contribution in [0.15, 0.2) is 6.07 Å². The topological polar surface area (TPSA) is 78.8 Å². The number of carboxylic acids is 1. The van der Waals surface area contributed by atoms with Gasteiger partial charge in [0, 0.05) is 18.2 Å². The van der Waals surface area contributed by atoms with E-state index in [0.29, 0.717) is 18.7 Å². The molecule has 0 aliphatic carbocycles. The zero-order valence-electron chi connectivity index (χ0n) is 11.4. The molecule has 0 bridgehead atoms. The molecular formula is C14H19NO4. The number of aromatic hydroxyl groups is 1. The third-order valence-electron chi connectivity index (χ3n) is 3.86. The minimum atomic E-state index is -0.790. The lowest BCUT2D eigenvalue weighted by Crippen LogP contribution is -2.17. The molecular weight excluding hydrogens is 246 g/mol. The van der Waals surface area contributed by atoms with E-state index in [1.807, 2.05) is 19.9 Å². The third kappa shape index (κ3) is 2.38. The number of phenols is 1. The Morgan fingerprint density at radius 3 is 2.68 bits per heavy atom. The molecule has 1 saturated heterocycles. The highest BCUT2D eigenvalue weighted by Gasteiger charge is 2.32. The molecule has 1 aliphatic rings. The number of ether oxygens (including phenoxy) is 1. The van der Waals surface area contributed by atoms with Gasteiger partial charge in [-0.2, -0.15) is 0 Å². The molecule has 0 aromatic heterocycles. The van der Waals surface area contributed by atoms with Gasteiger partial charge in [0.1, 0.15) is 0 Å². The maximum absolute atomic E-state index is 11.0. The minimum Gasteiger partial charge on any atom is -0.504 e. The van der Waals surface area contributed by atoms with Crippen LogP contribution < -0.4 is 10.1 Å². The van der Waals surface area contributed by atoms with Crippen LogP contribution >= 0.6 is 0 Å². The summed E-state index contributed by atoms with van der Waals surface area (Å²) in [5, 5.41) is 22.3. The van der Waals surface area contributed by atoms with E-state index in [9.17, 15) is 9.90 Å². The van der Waals surface area contributed by atoms with Crippen LogP contribution in [-0.2, 0) is 4.79 Å². The van der Waals surface area contributed by atoms with Gasteiger partial charge in [-0.15, -0.1) is 0 Å². The van der Waals surface area contributed by atoms with Crippen molar-refractivity contribution in [2.24, 2.45) is 5.92 Å². The summed E-state index contributed by atoms with van der Waals surface area (Å²) in [7, 11) is 1.51. The maximum atomic E-state index is 11.0. The van der Waals surface area contributed by atoms with Crippen LogP contribution in [0.25, 0.3) is 0 Å². The van der Waals surface area contributed by atoms with E-state index in [-0.39, 0.29) is 11.8 Å². The number of nitrogens with one attached hydrogen (secondary N) is 1. The van der Waals surface area contributed by atoms with E-state index in [4.69, 9.17) is 9.84 Å². The highest BCUT2D eigenvalue weighted by atomic mass is 16.5. The largest absolute Gasteiger partial charge is 0.504 e.